The SMILES string of the molecule is COc1cc(OC)cc(C(=O)Nc2ccc(C)c(-c3ccc4ccncc4c3)c2)c1. The van der Waals surface area contributed by atoms with Gasteiger partial charge in [-0.25, -0.2) is 0 Å². The minimum Gasteiger partial charge on any atom is -0.497 e. The second kappa shape index (κ2) is 8.25. The third-order valence-electron chi connectivity index (χ3n) is 5.06. The Kier molecular flexibility index (Phi) is 5.35. The molecule has 0 spiro atoms. The number of hydrogen-bond acceptors (Lipinski definition) is 4. The summed E-state index contributed by atoms with van der Waals surface area (Å²) in [6, 6.07) is 19.3. The lowest BCUT2D eigenvalue weighted by Gasteiger charge is -2.12. The Hall–Kier alpha value is -3.86. The van der Waals surface area contributed by atoms with Crippen molar-refractivity contribution in [2.75, 3.05) is 19.5 Å². The second-order valence-corrected chi connectivity index (χ2v) is 7.02. The highest BCUT2D eigenvalue weighted by molar-refractivity contribution is 6.05. The van der Waals surface area contributed by atoms with Crippen molar-refractivity contribution in [3.8, 4) is 22.6 Å². The predicted molar refractivity (Wildman–Crippen MR) is 119 cm³/mol. The van der Waals surface area contributed by atoms with Gasteiger partial charge in [-0.05, 0) is 65.4 Å². The summed E-state index contributed by atoms with van der Waals surface area (Å²) in [5.41, 5.74) is 4.44. The van der Waals surface area contributed by atoms with E-state index in [1.165, 1.54) is 0 Å². The van der Waals surface area contributed by atoms with E-state index in [1.54, 1.807) is 38.6 Å². The number of fused-ring (bicyclic) bond motifs is 1. The lowest BCUT2D eigenvalue weighted by molar-refractivity contribution is 0.102. The molecule has 1 heterocycles. The van der Waals surface area contributed by atoms with Gasteiger partial charge < -0.3 is 14.8 Å². The lowest BCUT2D eigenvalue weighted by Crippen LogP contribution is -2.12. The summed E-state index contributed by atoms with van der Waals surface area (Å²) >= 11 is 0. The summed E-state index contributed by atoms with van der Waals surface area (Å²) < 4.78 is 10.5. The number of anilines is 1. The van der Waals surface area contributed by atoms with Crippen LogP contribution in [0.25, 0.3) is 21.9 Å². The molecular weight excluding hydrogens is 376 g/mol. The smallest absolute Gasteiger partial charge is 0.255 e. The van der Waals surface area contributed by atoms with Crippen LogP contribution in [-0.4, -0.2) is 25.1 Å². The molecule has 3 aromatic carbocycles. The van der Waals surface area contributed by atoms with Gasteiger partial charge in [-0.2, -0.15) is 0 Å². The molecule has 0 bridgehead atoms. The summed E-state index contributed by atoms with van der Waals surface area (Å²) in [7, 11) is 3.11. The Morgan fingerprint density at radius 3 is 2.37 bits per heavy atom. The lowest BCUT2D eigenvalue weighted by atomic mass is 9.98. The minimum atomic E-state index is -0.232. The van der Waals surface area contributed by atoms with E-state index in [2.05, 4.69) is 35.4 Å². The summed E-state index contributed by atoms with van der Waals surface area (Å²) in [5.74, 6) is 0.896. The molecular formula is C25H22N2O3. The maximum Gasteiger partial charge on any atom is 0.255 e. The number of nitrogens with one attached hydrogen (secondary N) is 1. The predicted octanol–water partition coefficient (Wildman–Crippen LogP) is 5.48. The standard InChI is InChI=1S/C25H22N2O3/c1-16-4-7-21(27-25(28)19-11-22(29-2)14-23(12-19)30-3)13-24(16)18-6-5-17-8-9-26-15-20(17)10-18/h4-15H,1-3H3,(H,27,28). The number of pyridine rings is 1. The summed E-state index contributed by atoms with van der Waals surface area (Å²) in [6.07, 6.45) is 3.65. The number of carbonyl (C=O) groups excluding carboxylic acids is 1. The highest BCUT2D eigenvalue weighted by Gasteiger charge is 2.12. The summed E-state index contributed by atoms with van der Waals surface area (Å²) in [4.78, 5) is 17.0. The highest BCUT2D eigenvalue weighted by Crippen LogP contribution is 2.30. The van der Waals surface area contributed by atoms with Gasteiger partial charge in [-0.1, -0.05) is 18.2 Å². The van der Waals surface area contributed by atoms with Crippen LogP contribution in [-0.2, 0) is 0 Å². The number of aryl methyl sites for hydroxylation is 1. The quantitative estimate of drug-likeness (QED) is 0.484. The Labute approximate surface area is 175 Å². The third kappa shape index (κ3) is 3.96. The number of aromatic nitrogens is 1. The summed E-state index contributed by atoms with van der Waals surface area (Å²) in [6.45, 7) is 2.06. The average molecular weight is 398 g/mol. The first-order valence-electron chi connectivity index (χ1n) is 9.56. The van der Waals surface area contributed by atoms with Crippen LogP contribution in [0.1, 0.15) is 15.9 Å². The van der Waals surface area contributed by atoms with Crippen molar-refractivity contribution < 1.29 is 14.3 Å². The highest BCUT2D eigenvalue weighted by atomic mass is 16.5. The third-order valence-corrected chi connectivity index (χ3v) is 5.06. The average Bonchev–Trinajstić information content (AvgIpc) is 2.79. The fraction of sp³-hybridized carbons (Fsp3) is 0.120. The number of benzene rings is 3. The zero-order valence-corrected chi connectivity index (χ0v) is 17.1. The number of amides is 1. The van der Waals surface area contributed by atoms with Gasteiger partial charge in [0.2, 0.25) is 0 Å². The van der Waals surface area contributed by atoms with Crippen molar-refractivity contribution in [3.63, 3.8) is 0 Å². The Balaban J connectivity index is 1.65. The number of nitrogens with zero attached hydrogens (tertiary/aromatic N) is 1. The molecule has 1 N–H and O–H groups in total. The molecule has 150 valence electrons. The molecule has 1 aromatic heterocycles. The van der Waals surface area contributed by atoms with Crippen molar-refractivity contribution in [1.29, 1.82) is 0 Å². The summed E-state index contributed by atoms with van der Waals surface area (Å²) in [5, 5.41) is 5.19. The van der Waals surface area contributed by atoms with Gasteiger partial charge in [0.15, 0.2) is 0 Å². The van der Waals surface area contributed by atoms with Gasteiger partial charge in [0.05, 0.1) is 14.2 Å². The van der Waals surface area contributed by atoms with Crippen molar-refractivity contribution in [2.24, 2.45) is 0 Å². The Morgan fingerprint density at radius 1 is 0.867 bits per heavy atom. The van der Waals surface area contributed by atoms with E-state index in [4.69, 9.17) is 9.47 Å². The molecule has 5 nitrogen and oxygen atoms in total. The van der Waals surface area contributed by atoms with Gasteiger partial charge in [0.25, 0.3) is 5.91 Å². The zero-order valence-electron chi connectivity index (χ0n) is 17.1. The maximum absolute atomic E-state index is 12.8. The molecule has 30 heavy (non-hydrogen) atoms. The molecule has 0 fully saturated rings. The molecule has 0 atom stereocenters. The van der Waals surface area contributed by atoms with E-state index >= 15 is 0 Å². The first-order chi connectivity index (χ1) is 14.6. The minimum absolute atomic E-state index is 0.232. The van der Waals surface area contributed by atoms with Gasteiger partial charge in [-0.15, -0.1) is 0 Å². The first kappa shape index (κ1) is 19.5. The van der Waals surface area contributed by atoms with Crippen LogP contribution in [0.5, 0.6) is 11.5 Å². The molecule has 0 aliphatic heterocycles. The fourth-order valence-electron chi connectivity index (χ4n) is 3.41. The largest absolute Gasteiger partial charge is 0.497 e. The fourth-order valence-corrected chi connectivity index (χ4v) is 3.41. The molecule has 0 saturated heterocycles. The molecule has 4 aromatic rings. The molecule has 0 saturated carbocycles. The molecule has 0 aliphatic rings. The zero-order chi connectivity index (χ0) is 21.1. The van der Waals surface area contributed by atoms with E-state index < -0.39 is 0 Å². The van der Waals surface area contributed by atoms with E-state index in [9.17, 15) is 4.79 Å². The molecule has 0 radical (unpaired) electrons. The number of methoxy groups -OCH3 is 2. The van der Waals surface area contributed by atoms with E-state index in [0.717, 1.165) is 27.5 Å². The molecule has 5 heteroatoms. The van der Waals surface area contributed by atoms with Gasteiger partial charge in [-0.3, -0.25) is 9.78 Å². The maximum atomic E-state index is 12.8. The van der Waals surface area contributed by atoms with Crippen molar-refractivity contribution in [1.82, 2.24) is 4.98 Å². The molecule has 0 aliphatic carbocycles. The van der Waals surface area contributed by atoms with Gasteiger partial charge in [0, 0.05) is 35.1 Å². The molecule has 1 amide bonds. The number of carbonyl (C=O) groups is 1. The first-order valence-corrected chi connectivity index (χ1v) is 9.56. The second-order valence-electron chi connectivity index (χ2n) is 7.02. The Bertz CT molecular complexity index is 1210. The van der Waals surface area contributed by atoms with Crippen LogP contribution in [0.2, 0.25) is 0 Å². The molecule has 4 rings (SSSR count). The van der Waals surface area contributed by atoms with Crippen LogP contribution in [0, 0.1) is 6.92 Å². The van der Waals surface area contributed by atoms with Crippen LogP contribution in [0.15, 0.2) is 73.1 Å². The van der Waals surface area contributed by atoms with Gasteiger partial charge >= 0.3 is 0 Å². The number of ether oxygens (including phenoxy) is 2. The van der Waals surface area contributed by atoms with Crippen LogP contribution < -0.4 is 14.8 Å². The monoisotopic (exact) mass is 398 g/mol. The van der Waals surface area contributed by atoms with Crippen molar-refractivity contribution in [2.45, 2.75) is 6.92 Å². The van der Waals surface area contributed by atoms with Crippen molar-refractivity contribution in [3.05, 3.63) is 84.2 Å². The van der Waals surface area contributed by atoms with E-state index in [1.807, 2.05) is 30.5 Å². The van der Waals surface area contributed by atoms with E-state index in [0.29, 0.717) is 22.7 Å². The normalized spacial score (nSPS) is 10.6. The molecule has 0 unspecified atom stereocenters. The topological polar surface area (TPSA) is 60.5 Å². The number of hydrogen-bond donors (Lipinski definition) is 1. The van der Waals surface area contributed by atoms with E-state index in [-0.39, 0.29) is 5.91 Å². The van der Waals surface area contributed by atoms with Gasteiger partial charge in [0.1, 0.15) is 11.5 Å². The Morgan fingerprint density at radius 2 is 1.63 bits per heavy atom. The number of rotatable bonds is 5. The van der Waals surface area contributed by atoms with Crippen molar-refractivity contribution >= 4 is 22.4 Å². The van der Waals surface area contributed by atoms with Crippen LogP contribution in [0.4, 0.5) is 5.69 Å². The van der Waals surface area contributed by atoms with Crippen LogP contribution in [0.3, 0.4) is 0 Å². The van der Waals surface area contributed by atoms with Crippen LogP contribution >= 0.6 is 0 Å².